The summed E-state index contributed by atoms with van der Waals surface area (Å²) in [4.78, 5) is 14.5. The summed E-state index contributed by atoms with van der Waals surface area (Å²) >= 11 is 2.25. The lowest BCUT2D eigenvalue weighted by molar-refractivity contribution is 0.0494. The van der Waals surface area contributed by atoms with Gasteiger partial charge in [0, 0.05) is 27.8 Å². The van der Waals surface area contributed by atoms with E-state index in [9.17, 15) is 4.79 Å². The van der Waals surface area contributed by atoms with Gasteiger partial charge < -0.3 is 10.6 Å². The first-order chi connectivity index (χ1) is 8.63. The number of nitrogens with two attached hydrogens (primary N) is 1. The van der Waals surface area contributed by atoms with Crippen molar-refractivity contribution in [3.63, 3.8) is 0 Å². The highest BCUT2D eigenvalue weighted by Crippen LogP contribution is 2.24. The molecule has 1 aromatic carbocycles. The van der Waals surface area contributed by atoms with Crippen LogP contribution in [-0.4, -0.2) is 29.4 Å². The van der Waals surface area contributed by atoms with Gasteiger partial charge in [-0.2, -0.15) is 0 Å². The number of carbonyl (C=O) groups is 1. The molecule has 1 amide bonds. The Bertz CT molecular complexity index is 418. The lowest BCUT2D eigenvalue weighted by Gasteiger charge is -2.40. The summed E-state index contributed by atoms with van der Waals surface area (Å²) in [5.41, 5.74) is 6.57. The zero-order valence-corrected chi connectivity index (χ0v) is 12.8. The Morgan fingerprint density at radius 1 is 1.39 bits per heavy atom. The molecular weight excluding hydrogens is 339 g/mol. The van der Waals surface area contributed by atoms with Gasteiger partial charge in [0.15, 0.2) is 0 Å². The van der Waals surface area contributed by atoms with Crippen molar-refractivity contribution in [2.24, 2.45) is 5.73 Å². The average Bonchev–Trinajstić information content (AvgIpc) is 2.38. The summed E-state index contributed by atoms with van der Waals surface area (Å²) in [6.07, 6.45) is 3.27. The number of hydrogen-bond acceptors (Lipinski definition) is 2. The molecule has 1 fully saturated rings. The predicted octanol–water partition coefficient (Wildman–Crippen LogP) is 2.63. The molecule has 0 saturated carbocycles. The molecule has 0 aromatic heterocycles. The Balaban J connectivity index is 2.22. The normalized spacial score (nSPS) is 24.1. The largest absolute Gasteiger partial charge is 0.332 e. The van der Waals surface area contributed by atoms with Gasteiger partial charge in [-0.05, 0) is 73.0 Å². The van der Waals surface area contributed by atoms with Crippen LogP contribution in [0.1, 0.15) is 36.5 Å². The number of nitrogens with zero attached hydrogens (tertiary/aromatic N) is 1. The number of amides is 1. The predicted molar refractivity (Wildman–Crippen MR) is 81.5 cm³/mol. The maximum Gasteiger partial charge on any atom is 0.254 e. The Kier molecular flexibility index (Phi) is 4.61. The summed E-state index contributed by atoms with van der Waals surface area (Å²) in [5.74, 6) is 0.119. The molecular formula is C14H19IN2O. The summed E-state index contributed by atoms with van der Waals surface area (Å²) < 4.78 is 1.14. The first-order valence-electron chi connectivity index (χ1n) is 6.41. The smallest absolute Gasteiger partial charge is 0.254 e. The fraction of sp³-hybridized carbons (Fsp3) is 0.500. The van der Waals surface area contributed by atoms with Gasteiger partial charge >= 0.3 is 0 Å². The average molecular weight is 358 g/mol. The molecule has 0 spiro atoms. The standard InChI is InChI=1S/C14H19IN2O/c1-10-3-2-4-13(9-16)17(10)14(18)11-5-7-12(15)8-6-11/h5-8,10,13H,2-4,9,16H2,1H3. The third-order valence-electron chi connectivity index (χ3n) is 3.63. The number of piperidine rings is 1. The van der Waals surface area contributed by atoms with E-state index in [1.54, 1.807) is 0 Å². The second kappa shape index (κ2) is 6.02. The molecule has 4 heteroatoms. The van der Waals surface area contributed by atoms with E-state index >= 15 is 0 Å². The first-order valence-corrected chi connectivity index (χ1v) is 7.49. The summed E-state index contributed by atoms with van der Waals surface area (Å²) in [5, 5.41) is 0. The molecule has 1 heterocycles. The zero-order valence-electron chi connectivity index (χ0n) is 10.6. The van der Waals surface area contributed by atoms with Crippen LogP contribution in [0.3, 0.4) is 0 Å². The second-order valence-electron chi connectivity index (χ2n) is 4.89. The van der Waals surface area contributed by atoms with Crippen molar-refractivity contribution in [2.45, 2.75) is 38.3 Å². The Hall–Kier alpha value is -0.620. The van der Waals surface area contributed by atoms with Crippen LogP contribution in [-0.2, 0) is 0 Å². The van der Waals surface area contributed by atoms with Crippen molar-refractivity contribution in [2.75, 3.05) is 6.54 Å². The van der Waals surface area contributed by atoms with E-state index in [1.165, 1.54) is 6.42 Å². The van der Waals surface area contributed by atoms with Gasteiger partial charge in [0.2, 0.25) is 0 Å². The molecule has 2 rings (SSSR count). The molecule has 0 aliphatic carbocycles. The topological polar surface area (TPSA) is 46.3 Å². The van der Waals surface area contributed by atoms with E-state index < -0.39 is 0 Å². The molecule has 3 nitrogen and oxygen atoms in total. The monoisotopic (exact) mass is 358 g/mol. The van der Waals surface area contributed by atoms with Gasteiger partial charge in [-0.1, -0.05) is 0 Å². The first kappa shape index (κ1) is 13.8. The molecule has 1 aliphatic rings. The van der Waals surface area contributed by atoms with Crippen LogP contribution in [0.4, 0.5) is 0 Å². The van der Waals surface area contributed by atoms with Crippen LogP contribution in [0.2, 0.25) is 0 Å². The van der Waals surface area contributed by atoms with E-state index in [2.05, 4.69) is 29.5 Å². The maximum atomic E-state index is 12.6. The van der Waals surface area contributed by atoms with Gasteiger partial charge in [-0.15, -0.1) is 0 Å². The van der Waals surface area contributed by atoms with Gasteiger partial charge in [-0.3, -0.25) is 4.79 Å². The van der Waals surface area contributed by atoms with Crippen molar-refractivity contribution >= 4 is 28.5 Å². The van der Waals surface area contributed by atoms with E-state index in [1.807, 2.05) is 29.2 Å². The minimum Gasteiger partial charge on any atom is -0.332 e. The third-order valence-corrected chi connectivity index (χ3v) is 4.34. The third kappa shape index (κ3) is 2.85. The van der Waals surface area contributed by atoms with Crippen molar-refractivity contribution in [1.29, 1.82) is 0 Å². The van der Waals surface area contributed by atoms with Crippen LogP contribution >= 0.6 is 22.6 Å². The van der Waals surface area contributed by atoms with Gasteiger partial charge in [0.25, 0.3) is 5.91 Å². The van der Waals surface area contributed by atoms with Crippen LogP contribution in [0.5, 0.6) is 0 Å². The number of halogens is 1. The van der Waals surface area contributed by atoms with Gasteiger partial charge in [0.1, 0.15) is 0 Å². The molecule has 2 atom stereocenters. The Morgan fingerprint density at radius 2 is 2.06 bits per heavy atom. The van der Waals surface area contributed by atoms with Crippen LogP contribution in [0.15, 0.2) is 24.3 Å². The lowest BCUT2D eigenvalue weighted by atomic mass is 9.95. The maximum absolute atomic E-state index is 12.6. The van der Waals surface area contributed by atoms with Crippen molar-refractivity contribution in [3.05, 3.63) is 33.4 Å². The minimum atomic E-state index is 0.119. The SMILES string of the molecule is CC1CCCC(CN)N1C(=O)c1ccc(I)cc1. The molecule has 1 saturated heterocycles. The Morgan fingerprint density at radius 3 is 2.67 bits per heavy atom. The van der Waals surface area contributed by atoms with E-state index in [4.69, 9.17) is 5.73 Å². The van der Waals surface area contributed by atoms with Crippen molar-refractivity contribution in [3.8, 4) is 0 Å². The number of rotatable bonds is 2. The van der Waals surface area contributed by atoms with Crippen molar-refractivity contribution in [1.82, 2.24) is 4.90 Å². The highest BCUT2D eigenvalue weighted by Gasteiger charge is 2.31. The number of benzene rings is 1. The summed E-state index contributed by atoms with van der Waals surface area (Å²) in [7, 11) is 0. The zero-order chi connectivity index (χ0) is 13.1. The van der Waals surface area contributed by atoms with E-state index in [0.29, 0.717) is 12.6 Å². The molecule has 1 aliphatic heterocycles. The summed E-state index contributed by atoms with van der Waals surface area (Å²) in [6.45, 7) is 2.67. The lowest BCUT2D eigenvalue weighted by Crippen LogP contribution is -2.51. The van der Waals surface area contributed by atoms with Crippen LogP contribution in [0, 0.1) is 3.57 Å². The molecule has 0 radical (unpaired) electrons. The minimum absolute atomic E-state index is 0.119. The molecule has 18 heavy (non-hydrogen) atoms. The van der Waals surface area contributed by atoms with Crippen LogP contribution in [0.25, 0.3) is 0 Å². The second-order valence-corrected chi connectivity index (χ2v) is 6.13. The van der Waals surface area contributed by atoms with Gasteiger partial charge in [-0.25, -0.2) is 0 Å². The molecule has 2 N–H and O–H groups in total. The Labute approximate surface area is 122 Å². The molecule has 0 bridgehead atoms. The fourth-order valence-electron chi connectivity index (χ4n) is 2.63. The highest BCUT2D eigenvalue weighted by molar-refractivity contribution is 14.1. The number of carbonyl (C=O) groups excluding carboxylic acids is 1. The summed E-state index contributed by atoms with van der Waals surface area (Å²) in [6, 6.07) is 8.23. The van der Waals surface area contributed by atoms with Crippen molar-refractivity contribution < 1.29 is 4.79 Å². The fourth-order valence-corrected chi connectivity index (χ4v) is 2.99. The number of likely N-dealkylation sites (tertiary alicyclic amines) is 1. The number of hydrogen-bond donors (Lipinski definition) is 1. The molecule has 98 valence electrons. The van der Waals surface area contributed by atoms with E-state index in [-0.39, 0.29) is 11.9 Å². The van der Waals surface area contributed by atoms with E-state index in [0.717, 1.165) is 22.0 Å². The highest BCUT2D eigenvalue weighted by atomic mass is 127. The van der Waals surface area contributed by atoms with Crippen LogP contribution < -0.4 is 5.73 Å². The molecule has 2 unspecified atom stereocenters. The van der Waals surface area contributed by atoms with Gasteiger partial charge in [0.05, 0.1) is 0 Å². The molecule has 1 aromatic rings. The quantitative estimate of drug-likeness (QED) is 0.827.